The average molecular weight is 550 g/mol. The van der Waals surface area contributed by atoms with Crippen LogP contribution in [0.2, 0.25) is 0 Å². The van der Waals surface area contributed by atoms with Crippen molar-refractivity contribution in [1.82, 2.24) is 19.9 Å². The Morgan fingerprint density at radius 1 is 1.00 bits per heavy atom. The number of carbonyl (C=O) groups is 1. The molecule has 0 unspecified atom stereocenters. The number of methoxy groups -OCH3 is 2. The minimum atomic E-state index is -0.390. The van der Waals surface area contributed by atoms with E-state index in [1.54, 1.807) is 19.2 Å². The van der Waals surface area contributed by atoms with E-state index in [0.717, 1.165) is 65.7 Å². The lowest BCUT2D eigenvalue weighted by Crippen LogP contribution is -2.53. The predicted octanol–water partition coefficient (Wildman–Crippen LogP) is 5.04. The second kappa shape index (κ2) is 10.1. The number of esters is 1. The Hall–Kier alpha value is -4.63. The number of anilines is 1. The number of aromatic nitrogens is 3. The van der Waals surface area contributed by atoms with Gasteiger partial charge in [-0.05, 0) is 67.7 Å². The van der Waals surface area contributed by atoms with Gasteiger partial charge in [0.1, 0.15) is 17.1 Å². The van der Waals surface area contributed by atoms with E-state index >= 15 is 0 Å². The molecule has 0 aliphatic carbocycles. The topological polar surface area (TPSA) is 112 Å². The summed E-state index contributed by atoms with van der Waals surface area (Å²) in [7, 11) is 2.98. The summed E-state index contributed by atoms with van der Waals surface area (Å²) < 4.78 is 10.6. The third-order valence-electron chi connectivity index (χ3n) is 8.56. The minimum Gasteiger partial charge on any atom is -0.496 e. The molecule has 8 rings (SSSR count). The number of pyridine rings is 1. The summed E-state index contributed by atoms with van der Waals surface area (Å²) in [5, 5.41) is 4.70. The molecule has 9 nitrogen and oxygen atoms in total. The van der Waals surface area contributed by atoms with Crippen molar-refractivity contribution < 1.29 is 14.3 Å². The number of nitrogens with one attached hydrogen (secondary N) is 3. The fourth-order valence-corrected chi connectivity index (χ4v) is 6.38. The van der Waals surface area contributed by atoms with Gasteiger partial charge in [0.25, 0.3) is 5.56 Å². The van der Waals surface area contributed by atoms with Crippen LogP contribution in [-0.2, 0) is 4.74 Å². The molecule has 3 N–H and O–H groups in total. The molecule has 5 heterocycles. The van der Waals surface area contributed by atoms with Gasteiger partial charge in [-0.3, -0.25) is 4.79 Å². The first-order chi connectivity index (χ1) is 20.0. The molecule has 9 heteroatoms. The summed E-state index contributed by atoms with van der Waals surface area (Å²) in [5.74, 6) is 1.29. The lowest BCUT2D eigenvalue weighted by Gasteiger charge is -2.45. The van der Waals surface area contributed by atoms with Crippen LogP contribution >= 0.6 is 0 Å². The van der Waals surface area contributed by atoms with Gasteiger partial charge in [0, 0.05) is 29.6 Å². The third-order valence-corrected chi connectivity index (χ3v) is 8.56. The maximum atomic E-state index is 13.8. The fourth-order valence-electron chi connectivity index (χ4n) is 6.38. The molecular weight excluding hydrogens is 518 g/mol. The average Bonchev–Trinajstić information content (AvgIpc) is 3.44. The van der Waals surface area contributed by atoms with E-state index in [9.17, 15) is 9.59 Å². The van der Waals surface area contributed by atoms with Crippen molar-refractivity contribution in [2.75, 3.05) is 39.2 Å². The van der Waals surface area contributed by atoms with Gasteiger partial charge in [0.05, 0.1) is 42.0 Å². The second-order valence-corrected chi connectivity index (χ2v) is 10.9. The SMILES string of the molecule is COC(=O)c1ccc(-c2cc3c(N[C@H]4CN5CCC4CC5)c(-c4nc5ccccc5[nH]4)c(=O)[nH]c3cc2OC)cc1. The highest BCUT2D eigenvalue weighted by Crippen LogP contribution is 2.40. The number of carbonyl (C=O) groups excluding carboxylic acids is 1. The largest absolute Gasteiger partial charge is 0.496 e. The molecule has 2 bridgehead atoms. The zero-order chi connectivity index (χ0) is 28.1. The van der Waals surface area contributed by atoms with Crippen LogP contribution < -0.4 is 15.6 Å². The van der Waals surface area contributed by atoms with Crippen molar-refractivity contribution in [3.05, 3.63) is 76.6 Å². The molecule has 3 aliphatic rings. The molecule has 3 aliphatic heterocycles. The minimum absolute atomic E-state index is 0.218. The smallest absolute Gasteiger partial charge is 0.337 e. The number of hydrogen-bond donors (Lipinski definition) is 3. The van der Waals surface area contributed by atoms with Crippen molar-refractivity contribution >= 4 is 33.6 Å². The molecule has 0 saturated carbocycles. The van der Waals surface area contributed by atoms with E-state index in [4.69, 9.17) is 14.5 Å². The molecule has 3 aromatic carbocycles. The number of benzene rings is 3. The van der Waals surface area contributed by atoms with Gasteiger partial charge in [0.2, 0.25) is 0 Å². The fraction of sp³-hybridized carbons (Fsp3) is 0.281. The van der Waals surface area contributed by atoms with Gasteiger partial charge in [0.15, 0.2) is 0 Å². The Kier molecular flexibility index (Phi) is 6.23. The number of nitrogens with zero attached hydrogens (tertiary/aromatic N) is 2. The van der Waals surface area contributed by atoms with E-state index < -0.39 is 0 Å². The summed E-state index contributed by atoms with van der Waals surface area (Å²) in [4.78, 5) is 39.5. The van der Waals surface area contributed by atoms with E-state index in [1.807, 2.05) is 48.5 Å². The summed E-state index contributed by atoms with van der Waals surface area (Å²) in [6.07, 6.45) is 2.29. The number of fused-ring (bicyclic) bond motifs is 5. The number of piperidine rings is 3. The van der Waals surface area contributed by atoms with Crippen molar-refractivity contribution in [3.8, 4) is 28.3 Å². The molecule has 0 radical (unpaired) electrons. The lowest BCUT2D eigenvalue weighted by molar-refractivity contribution is 0.0600. The first kappa shape index (κ1) is 25.3. The zero-order valence-corrected chi connectivity index (χ0v) is 23.0. The van der Waals surface area contributed by atoms with Crippen molar-refractivity contribution in [1.29, 1.82) is 0 Å². The molecule has 3 saturated heterocycles. The van der Waals surface area contributed by atoms with Gasteiger partial charge < -0.3 is 29.7 Å². The molecule has 5 aromatic rings. The Labute approximate surface area is 236 Å². The van der Waals surface area contributed by atoms with Crippen molar-refractivity contribution in [3.63, 3.8) is 0 Å². The standard InChI is InChI=1S/C32H31N5O4/c1-40-27-16-25-22(15-21(27)18-7-9-20(10-8-18)32(39)41-2)29(33-26-17-37-13-11-19(26)12-14-37)28(31(38)36-25)30-34-23-5-3-4-6-24(23)35-30/h3-10,15-16,19,26H,11-14,17H2,1-2H3,(H,34,35)(H2,33,36,38)/t26-/m0/s1. The Morgan fingerprint density at radius 3 is 2.46 bits per heavy atom. The number of imidazole rings is 1. The molecule has 3 fully saturated rings. The summed E-state index contributed by atoms with van der Waals surface area (Å²) in [6.45, 7) is 3.19. The first-order valence-electron chi connectivity index (χ1n) is 13.9. The number of para-hydroxylation sites is 2. The quantitative estimate of drug-likeness (QED) is 0.255. The Morgan fingerprint density at radius 2 is 1.78 bits per heavy atom. The molecular formula is C32H31N5O4. The van der Waals surface area contributed by atoms with E-state index in [0.29, 0.717) is 34.1 Å². The maximum Gasteiger partial charge on any atom is 0.337 e. The number of hydrogen-bond acceptors (Lipinski definition) is 7. The molecule has 41 heavy (non-hydrogen) atoms. The highest BCUT2D eigenvalue weighted by Gasteiger charge is 2.35. The molecule has 2 aromatic heterocycles. The van der Waals surface area contributed by atoms with E-state index in [1.165, 1.54) is 7.11 Å². The van der Waals surface area contributed by atoms with Crippen LogP contribution in [0.4, 0.5) is 5.69 Å². The van der Waals surface area contributed by atoms with Gasteiger partial charge in [-0.1, -0.05) is 24.3 Å². The maximum absolute atomic E-state index is 13.8. The van der Waals surface area contributed by atoms with Gasteiger partial charge in [-0.2, -0.15) is 0 Å². The summed E-state index contributed by atoms with van der Waals surface area (Å²) >= 11 is 0. The number of ether oxygens (including phenoxy) is 2. The van der Waals surface area contributed by atoms with Crippen molar-refractivity contribution in [2.24, 2.45) is 5.92 Å². The third kappa shape index (κ3) is 4.42. The molecule has 0 amide bonds. The van der Waals surface area contributed by atoms with Crippen LogP contribution in [-0.4, -0.2) is 65.7 Å². The Balaban J connectivity index is 1.44. The highest BCUT2D eigenvalue weighted by molar-refractivity contribution is 6.02. The number of rotatable bonds is 6. The van der Waals surface area contributed by atoms with Crippen LogP contribution in [0.5, 0.6) is 5.75 Å². The van der Waals surface area contributed by atoms with Crippen molar-refractivity contribution in [2.45, 2.75) is 18.9 Å². The molecule has 0 spiro atoms. The molecule has 208 valence electrons. The monoisotopic (exact) mass is 549 g/mol. The lowest BCUT2D eigenvalue weighted by atomic mass is 9.83. The van der Waals surface area contributed by atoms with Crippen LogP contribution in [0.1, 0.15) is 23.2 Å². The summed E-state index contributed by atoms with van der Waals surface area (Å²) in [5.41, 5.74) is 5.56. The Bertz CT molecular complexity index is 1800. The molecule has 1 atom stereocenters. The van der Waals surface area contributed by atoms with Gasteiger partial charge >= 0.3 is 5.97 Å². The highest BCUT2D eigenvalue weighted by atomic mass is 16.5. The van der Waals surface area contributed by atoms with Gasteiger partial charge in [-0.25, -0.2) is 9.78 Å². The predicted molar refractivity (Wildman–Crippen MR) is 160 cm³/mol. The van der Waals surface area contributed by atoms with E-state index in [2.05, 4.69) is 20.2 Å². The zero-order valence-electron chi connectivity index (χ0n) is 23.0. The number of aromatic amines is 2. The van der Waals surface area contributed by atoms with Crippen LogP contribution in [0, 0.1) is 5.92 Å². The normalized spacial score (nSPS) is 19.9. The van der Waals surface area contributed by atoms with Gasteiger partial charge in [-0.15, -0.1) is 0 Å². The number of H-pyrrole nitrogens is 2. The van der Waals surface area contributed by atoms with Crippen LogP contribution in [0.15, 0.2) is 65.5 Å². The van der Waals surface area contributed by atoms with Crippen LogP contribution in [0.25, 0.3) is 44.5 Å². The van der Waals surface area contributed by atoms with Crippen LogP contribution in [0.3, 0.4) is 0 Å². The van der Waals surface area contributed by atoms with E-state index in [-0.39, 0.29) is 17.6 Å². The first-order valence-corrected chi connectivity index (χ1v) is 13.9. The second-order valence-electron chi connectivity index (χ2n) is 10.9. The summed E-state index contributed by atoms with van der Waals surface area (Å²) in [6, 6.07) is 19.2.